The number of hydrogen-bond donors (Lipinski definition) is 2. The number of pyridine rings is 1. The van der Waals surface area contributed by atoms with Crippen molar-refractivity contribution in [3.05, 3.63) is 65.1 Å². The van der Waals surface area contributed by atoms with Gasteiger partial charge in [0.1, 0.15) is 17.4 Å². The molecule has 2 heterocycles. The number of benzene rings is 1. The molecule has 2 fully saturated rings. The van der Waals surface area contributed by atoms with E-state index in [-0.39, 0.29) is 22.3 Å². The third-order valence-electron chi connectivity index (χ3n) is 8.02. The van der Waals surface area contributed by atoms with E-state index in [1.54, 1.807) is 18.2 Å². The molecule has 8 nitrogen and oxygen atoms in total. The third kappa shape index (κ3) is 7.18. The number of anilines is 1. The fourth-order valence-corrected chi connectivity index (χ4v) is 6.27. The number of ether oxygens (including phenoxy) is 1. The number of nitrogens with zero attached hydrogens (tertiary/aromatic N) is 2. The minimum atomic E-state index is -3.90. The Morgan fingerprint density at radius 3 is 2.38 bits per heavy atom. The molecule has 2 aliphatic carbocycles. The van der Waals surface area contributed by atoms with Crippen LogP contribution in [0.1, 0.15) is 81.8 Å². The summed E-state index contributed by atoms with van der Waals surface area (Å²) in [5, 5.41) is 19.6. The maximum atomic E-state index is 13.0. The number of carbonyl (C=O) groups excluding carboxylic acids is 1. The first kappa shape index (κ1) is 27.2. The maximum absolute atomic E-state index is 13.0. The number of aliphatic hydroxyl groups is 1. The van der Waals surface area contributed by atoms with Crippen molar-refractivity contribution in [2.24, 2.45) is 11.8 Å². The van der Waals surface area contributed by atoms with Gasteiger partial charge in [-0.2, -0.15) is 13.7 Å². The van der Waals surface area contributed by atoms with E-state index in [1.807, 2.05) is 12.1 Å². The molecule has 39 heavy (non-hydrogen) atoms. The van der Waals surface area contributed by atoms with E-state index in [4.69, 9.17) is 10.00 Å². The predicted molar refractivity (Wildman–Crippen MR) is 146 cm³/mol. The SMILES string of the molecule is N#Cc1ccc(S(=O)(=O)Nc2cccc(CCCC3=C(O)CC(CCC4CC4)(CCC4CC4)OC3=O)c2)nc1. The van der Waals surface area contributed by atoms with E-state index in [2.05, 4.69) is 9.71 Å². The van der Waals surface area contributed by atoms with Crippen molar-refractivity contribution in [3.8, 4) is 6.07 Å². The lowest BCUT2D eigenvalue weighted by Gasteiger charge is -2.37. The molecule has 9 heteroatoms. The molecule has 3 aliphatic rings. The number of hydrogen-bond acceptors (Lipinski definition) is 7. The summed E-state index contributed by atoms with van der Waals surface area (Å²) in [7, 11) is -3.90. The molecule has 0 bridgehead atoms. The highest BCUT2D eigenvalue weighted by Gasteiger charge is 2.43. The first-order chi connectivity index (χ1) is 18.7. The summed E-state index contributed by atoms with van der Waals surface area (Å²) in [6.45, 7) is 0. The number of rotatable bonds is 13. The van der Waals surface area contributed by atoms with Gasteiger partial charge in [0.05, 0.1) is 11.1 Å². The van der Waals surface area contributed by atoms with E-state index in [1.165, 1.54) is 44.0 Å². The van der Waals surface area contributed by atoms with Gasteiger partial charge in [-0.05, 0) is 86.6 Å². The van der Waals surface area contributed by atoms with E-state index in [9.17, 15) is 18.3 Å². The Kier molecular flexibility index (Phi) is 7.94. The van der Waals surface area contributed by atoms with Crippen LogP contribution in [0.2, 0.25) is 0 Å². The number of aryl methyl sites for hydroxylation is 1. The molecule has 5 rings (SSSR count). The summed E-state index contributed by atoms with van der Waals surface area (Å²) >= 11 is 0. The topological polar surface area (TPSA) is 129 Å². The Balaban J connectivity index is 1.18. The Morgan fingerprint density at radius 1 is 1.08 bits per heavy atom. The van der Waals surface area contributed by atoms with Crippen molar-refractivity contribution in [2.45, 2.75) is 87.7 Å². The molecule has 1 aromatic carbocycles. The van der Waals surface area contributed by atoms with Crippen LogP contribution in [0.4, 0.5) is 5.69 Å². The molecule has 2 N–H and O–H groups in total. The van der Waals surface area contributed by atoms with Crippen LogP contribution >= 0.6 is 0 Å². The fourth-order valence-electron chi connectivity index (χ4n) is 5.29. The first-order valence-corrected chi connectivity index (χ1v) is 15.4. The average molecular weight is 550 g/mol. The fraction of sp³-hybridized carbons (Fsp3) is 0.500. The summed E-state index contributed by atoms with van der Waals surface area (Å²) in [5.74, 6) is 1.28. The van der Waals surface area contributed by atoms with Crippen LogP contribution in [0.5, 0.6) is 0 Å². The zero-order chi connectivity index (χ0) is 27.5. The molecule has 0 amide bonds. The zero-order valence-electron chi connectivity index (χ0n) is 22.1. The van der Waals surface area contributed by atoms with E-state index >= 15 is 0 Å². The number of aromatic nitrogens is 1. The molecule has 0 saturated heterocycles. The molecular formula is C30H35N3O5S. The summed E-state index contributed by atoms with van der Waals surface area (Å²) in [5.41, 5.74) is 1.38. The number of carbonyl (C=O) groups is 1. The lowest BCUT2D eigenvalue weighted by Crippen LogP contribution is -2.40. The van der Waals surface area contributed by atoms with Gasteiger partial charge in [0.15, 0.2) is 5.03 Å². The summed E-state index contributed by atoms with van der Waals surface area (Å²) in [6, 6.07) is 11.7. The molecular weight excluding hydrogens is 514 g/mol. The van der Waals surface area contributed by atoms with E-state index in [0.29, 0.717) is 36.9 Å². The minimum Gasteiger partial charge on any atom is -0.512 e. The van der Waals surface area contributed by atoms with Gasteiger partial charge >= 0.3 is 5.97 Å². The van der Waals surface area contributed by atoms with Crippen LogP contribution in [0.15, 0.2) is 59.0 Å². The van der Waals surface area contributed by atoms with Crippen molar-refractivity contribution in [3.63, 3.8) is 0 Å². The molecule has 1 aliphatic heterocycles. The molecule has 206 valence electrons. The quantitative estimate of drug-likeness (QED) is 0.295. The van der Waals surface area contributed by atoms with Crippen molar-refractivity contribution < 1.29 is 23.1 Å². The lowest BCUT2D eigenvalue weighted by molar-refractivity contribution is -0.161. The number of sulfonamides is 1. The van der Waals surface area contributed by atoms with Crippen LogP contribution in [-0.4, -0.2) is 30.1 Å². The smallest absolute Gasteiger partial charge is 0.337 e. The van der Waals surface area contributed by atoms with Crippen molar-refractivity contribution >= 4 is 21.7 Å². The molecule has 1 aromatic heterocycles. The molecule has 0 spiro atoms. The van der Waals surface area contributed by atoms with Crippen LogP contribution in [0.25, 0.3) is 0 Å². The van der Waals surface area contributed by atoms with Gasteiger partial charge in [0.25, 0.3) is 10.0 Å². The van der Waals surface area contributed by atoms with Gasteiger partial charge in [-0.3, -0.25) is 4.72 Å². The average Bonchev–Trinajstić information content (AvgIpc) is 3.83. The number of esters is 1. The molecule has 2 aromatic rings. The molecule has 2 saturated carbocycles. The van der Waals surface area contributed by atoms with Gasteiger partial charge in [0.2, 0.25) is 0 Å². The summed E-state index contributed by atoms with van der Waals surface area (Å²) in [4.78, 5) is 16.9. The lowest BCUT2D eigenvalue weighted by atomic mass is 9.83. The highest BCUT2D eigenvalue weighted by molar-refractivity contribution is 7.92. The monoisotopic (exact) mass is 549 g/mol. The van der Waals surface area contributed by atoms with Crippen LogP contribution in [-0.2, 0) is 26.0 Å². The van der Waals surface area contributed by atoms with E-state index < -0.39 is 15.6 Å². The highest BCUT2D eigenvalue weighted by Crippen LogP contribution is 2.45. The summed E-state index contributed by atoms with van der Waals surface area (Å²) < 4.78 is 34.0. The van der Waals surface area contributed by atoms with Crippen molar-refractivity contribution in [2.75, 3.05) is 4.72 Å². The van der Waals surface area contributed by atoms with Gasteiger partial charge in [0, 0.05) is 18.3 Å². The van der Waals surface area contributed by atoms with E-state index in [0.717, 1.165) is 43.1 Å². The standard InChI is InChI=1S/C30H35N3O5S/c31-19-24-11-12-28(32-20-24)39(36,37)33-25-5-1-3-23(17-25)4-2-6-26-27(34)18-30(38-29(26)35,15-13-21-7-8-21)16-14-22-9-10-22/h1,3,5,11-12,17,20-22,33-34H,2,4,6-10,13-16,18H2. The summed E-state index contributed by atoms with van der Waals surface area (Å²) in [6.07, 6.45) is 12.0. The minimum absolute atomic E-state index is 0.171. The number of nitrogens with one attached hydrogen (secondary N) is 1. The Morgan fingerprint density at radius 2 is 1.79 bits per heavy atom. The van der Waals surface area contributed by atoms with Crippen molar-refractivity contribution in [1.82, 2.24) is 4.98 Å². The number of cyclic esters (lactones) is 1. The highest BCUT2D eigenvalue weighted by atomic mass is 32.2. The van der Waals surface area contributed by atoms with Gasteiger partial charge < -0.3 is 9.84 Å². The van der Waals surface area contributed by atoms with Crippen LogP contribution in [0.3, 0.4) is 0 Å². The Hall–Kier alpha value is -3.38. The molecule has 0 radical (unpaired) electrons. The second kappa shape index (κ2) is 11.4. The third-order valence-corrected chi connectivity index (χ3v) is 9.31. The predicted octanol–water partition coefficient (Wildman–Crippen LogP) is 5.95. The molecule has 0 unspecified atom stereocenters. The normalized spacial score (nSPS) is 18.9. The van der Waals surface area contributed by atoms with Gasteiger partial charge in [-0.15, -0.1) is 0 Å². The maximum Gasteiger partial charge on any atom is 0.337 e. The van der Waals surface area contributed by atoms with Crippen molar-refractivity contribution in [1.29, 1.82) is 5.26 Å². The first-order valence-electron chi connectivity index (χ1n) is 13.9. The Bertz CT molecular complexity index is 1370. The van der Waals surface area contributed by atoms with Gasteiger partial charge in [-0.25, -0.2) is 9.78 Å². The largest absolute Gasteiger partial charge is 0.512 e. The zero-order valence-corrected chi connectivity index (χ0v) is 22.9. The van der Waals surface area contributed by atoms with Crippen LogP contribution < -0.4 is 4.72 Å². The number of aliphatic hydroxyl groups excluding tert-OH is 1. The number of nitriles is 1. The molecule has 0 atom stereocenters. The van der Waals surface area contributed by atoms with Gasteiger partial charge in [-0.1, -0.05) is 37.8 Å². The Labute approximate surface area is 230 Å². The second-order valence-corrected chi connectivity index (χ2v) is 12.9. The second-order valence-electron chi connectivity index (χ2n) is 11.3. The van der Waals surface area contributed by atoms with Crippen LogP contribution in [0, 0.1) is 23.2 Å².